The van der Waals surface area contributed by atoms with Crippen molar-refractivity contribution in [2.75, 3.05) is 12.4 Å². The first-order valence-corrected chi connectivity index (χ1v) is 6.71. The molecule has 1 N–H and O–H groups in total. The van der Waals surface area contributed by atoms with Crippen LogP contribution in [0.5, 0.6) is 5.75 Å². The predicted octanol–water partition coefficient (Wildman–Crippen LogP) is 3.50. The lowest BCUT2D eigenvalue weighted by Gasteiger charge is -2.05. The topological polar surface area (TPSA) is 51.2 Å². The number of ether oxygens (including phenoxy) is 1. The molecule has 0 saturated heterocycles. The number of benzene rings is 1. The Labute approximate surface area is 125 Å². The van der Waals surface area contributed by atoms with Crippen LogP contribution in [0.4, 0.5) is 5.69 Å². The predicted molar refractivity (Wildman–Crippen MR) is 82.6 cm³/mol. The fraction of sp³-hybridized carbons (Fsp3) is 0.0667. The van der Waals surface area contributed by atoms with E-state index < -0.39 is 0 Å². The van der Waals surface area contributed by atoms with Crippen molar-refractivity contribution < 1.29 is 9.53 Å². The molecule has 2 rings (SSSR count). The van der Waals surface area contributed by atoms with Gasteiger partial charge in [0.1, 0.15) is 5.75 Å². The van der Waals surface area contributed by atoms with Gasteiger partial charge in [0.15, 0.2) is 0 Å². The van der Waals surface area contributed by atoms with E-state index in [0.717, 1.165) is 10.0 Å². The average molecular weight is 333 g/mol. The summed E-state index contributed by atoms with van der Waals surface area (Å²) >= 11 is 3.39. The van der Waals surface area contributed by atoms with Crippen LogP contribution in [0.3, 0.4) is 0 Å². The number of halogens is 1. The Morgan fingerprint density at radius 3 is 2.95 bits per heavy atom. The third-order valence-electron chi connectivity index (χ3n) is 2.54. The van der Waals surface area contributed by atoms with Gasteiger partial charge in [0.25, 0.3) is 0 Å². The summed E-state index contributed by atoms with van der Waals surface area (Å²) in [6.45, 7) is 0. The molecule has 1 amide bonds. The number of carbonyl (C=O) groups excluding carboxylic acids is 1. The second-order valence-electron chi connectivity index (χ2n) is 3.95. The Bertz CT molecular complexity index is 627. The molecule has 0 aliphatic heterocycles. The fourth-order valence-electron chi connectivity index (χ4n) is 1.62. The maximum atomic E-state index is 11.8. The number of hydrogen-bond donors (Lipinski definition) is 1. The molecule has 0 fully saturated rings. The number of aromatic nitrogens is 1. The summed E-state index contributed by atoms with van der Waals surface area (Å²) in [7, 11) is 1.59. The smallest absolute Gasteiger partial charge is 0.248 e. The van der Waals surface area contributed by atoms with Crippen molar-refractivity contribution in [1.82, 2.24) is 4.98 Å². The third kappa shape index (κ3) is 3.93. The van der Waals surface area contributed by atoms with E-state index in [1.165, 1.54) is 6.08 Å². The van der Waals surface area contributed by atoms with Crippen LogP contribution in [0.2, 0.25) is 0 Å². The van der Waals surface area contributed by atoms with Gasteiger partial charge in [-0.15, -0.1) is 0 Å². The summed E-state index contributed by atoms with van der Waals surface area (Å²) in [4.78, 5) is 15.7. The molecule has 0 spiro atoms. The van der Waals surface area contributed by atoms with Gasteiger partial charge in [0, 0.05) is 22.3 Å². The zero-order valence-corrected chi connectivity index (χ0v) is 12.4. The first kappa shape index (κ1) is 14.3. The van der Waals surface area contributed by atoms with Crippen molar-refractivity contribution in [2.24, 2.45) is 0 Å². The number of methoxy groups -OCH3 is 1. The molecule has 1 aromatic carbocycles. The first-order chi connectivity index (χ1) is 9.69. The number of hydrogen-bond acceptors (Lipinski definition) is 3. The van der Waals surface area contributed by atoms with Crippen LogP contribution in [-0.4, -0.2) is 18.0 Å². The van der Waals surface area contributed by atoms with E-state index >= 15 is 0 Å². The minimum atomic E-state index is -0.222. The van der Waals surface area contributed by atoms with Crippen LogP contribution >= 0.6 is 15.9 Å². The van der Waals surface area contributed by atoms with Crippen LogP contribution in [0, 0.1) is 0 Å². The molecule has 1 aromatic heterocycles. The Morgan fingerprint density at radius 1 is 1.40 bits per heavy atom. The standard InChI is InChI=1S/C15H13BrN2O2/c1-20-14-6-5-12(16)9-11(14)4-7-15(19)18-13-3-2-8-17-10-13/h2-10H,1H3,(H,18,19)/b7-4+. The van der Waals surface area contributed by atoms with Crippen molar-refractivity contribution in [3.05, 3.63) is 58.8 Å². The normalized spacial score (nSPS) is 10.5. The Balaban J connectivity index is 2.09. The molecule has 5 heteroatoms. The van der Waals surface area contributed by atoms with E-state index in [4.69, 9.17) is 4.74 Å². The lowest BCUT2D eigenvalue weighted by Crippen LogP contribution is -2.07. The van der Waals surface area contributed by atoms with Gasteiger partial charge in [0.2, 0.25) is 5.91 Å². The van der Waals surface area contributed by atoms with Gasteiger partial charge in [-0.25, -0.2) is 0 Å². The van der Waals surface area contributed by atoms with E-state index in [-0.39, 0.29) is 5.91 Å². The minimum absolute atomic E-state index is 0.222. The fourth-order valence-corrected chi connectivity index (χ4v) is 2.00. The van der Waals surface area contributed by atoms with Gasteiger partial charge in [-0.05, 0) is 36.4 Å². The molecule has 0 bridgehead atoms. The summed E-state index contributed by atoms with van der Waals surface area (Å²) in [5.74, 6) is 0.485. The monoisotopic (exact) mass is 332 g/mol. The summed E-state index contributed by atoms with van der Waals surface area (Å²) in [5.41, 5.74) is 1.48. The van der Waals surface area contributed by atoms with E-state index in [1.54, 1.807) is 37.7 Å². The van der Waals surface area contributed by atoms with Crippen molar-refractivity contribution >= 4 is 33.6 Å². The summed E-state index contributed by atoms with van der Waals surface area (Å²) < 4.78 is 6.16. The molecule has 0 unspecified atom stereocenters. The van der Waals surface area contributed by atoms with Gasteiger partial charge in [-0.2, -0.15) is 0 Å². The molecule has 0 aliphatic rings. The number of anilines is 1. The van der Waals surface area contributed by atoms with E-state index in [2.05, 4.69) is 26.2 Å². The molecule has 4 nitrogen and oxygen atoms in total. The number of nitrogens with zero attached hydrogens (tertiary/aromatic N) is 1. The van der Waals surface area contributed by atoms with E-state index in [9.17, 15) is 4.79 Å². The quantitative estimate of drug-likeness (QED) is 0.871. The zero-order valence-electron chi connectivity index (χ0n) is 10.8. The van der Waals surface area contributed by atoms with Gasteiger partial charge in [-0.3, -0.25) is 9.78 Å². The largest absolute Gasteiger partial charge is 0.496 e. The van der Waals surface area contributed by atoms with Crippen LogP contribution in [0.15, 0.2) is 53.3 Å². The zero-order chi connectivity index (χ0) is 14.4. The van der Waals surface area contributed by atoms with E-state index in [0.29, 0.717) is 11.4 Å². The molecular formula is C15H13BrN2O2. The van der Waals surface area contributed by atoms with Crippen LogP contribution in [0.1, 0.15) is 5.56 Å². The molecule has 102 valence electrons. The van der Waals surface area contributed by atoms with Crippen molar-refractivity contribution in [2.45, 2.75) is 0 Å². The molecule has 0 saturated carbocycles. The van der Waals surface area contributed by atoms with Gasteiger partial charge < -0.3 is 10.1 Å². The Morgan fingerprint density at radius 2 is 2.25 bits per heavy atom. The number of pyridine rings is 1. The van der Waals surface area contributed by atoms with Crippen molar-refractivity contribution in [3.8, 4) is 5.75 Å². The molecule has 0 aliphatic carbocycles. The molecule has 1 heterocycles. The average Bonchev–Trinajstić information content (AvgIpc) is 2.46. The maximum Gasteiger partial charge on any atom is 0.248 e. The van der Waals surface area contributed by atoms with Crippen LogP contribution < -0.4 is 10.1 Å². The number of rotatable bonds is 4. The SMILES string of the molecule is COc1ccc(Br)cc1/C=C/C(=O)Nc1cccnc1. The number of nitrogens with one attached hydrogen (secondary N) is 1. The summed E-state index contributed by atoms with van der Waals surface area (Å²) in [6, 6.07) is 9.14. The number of carbonyl (C=O) groups is 1. The third-order valence-corrected chi connectivity index (χ3v) is 3.03. The highest BCUT2D eigenvalue weighted by molar-refractivity contribution is 9.10. The van der Waals surface area contributed by atoms with Crippen molar-refractivity contribution in [3.63, 3.8) is 0 Å². The number of amides is 1. The first-order valence-electron chi connectivity index (χ1n) is 5.91. The van der Waals surface area contributed by atoms with Gasteiger partial charge >= 0.3 is 0 Å². The highest BCUT2D eigenvalue weighted by atomic mass is 79.9. The van der Waals surface area contributed by atoms with Gasteiger partial charge in [0.05, 0.1) is 19.0 Å². The lowest BCUT2D eigenvalue weighted by atomic mass is 10.2. The Hall–Kier alpha value is -2.14. The van der Waals surface area contributed by atoms with E-state index in [1.807, 2.05) is 18.2 Å². The molecule has 20 heavy (non-hydrogen) atoms. The van der Waals surface area contributed by atoms with Crippen LogP contribution in [0.25, 0.3) is 6.08 Å². The molecule has 2 aromatic rings. The summed E-state index contributed by atoms with van der Waals surface area (Å²) in [6.07, 6.45) is 6.40. The highest BCUT2D eigenvalue weighted by Crippen LogP contribution is 2.24. The molecular weight excluding hydrogens is 320 g/mol. The second-order valence-corrected chi connectivity index (χ2v) is 4.87. The highest BCUT2D eigenvalue weighted by Gasteiger charge is 2.02. The van der Waals surface area contributed by atoms with Crippen LogP contribution in [-0.2, 0) is 4.79 Å². The minimum Gasteiger partial charge on any atom is -0.496 e. The molecule has 0 atom stereocenters. The van der Waals surface area contributed by atoms with Gasteiger partial charge in [-0.1, -0.05) is 15.9 Å². The maximum absolute atomic E-state index is 11.8. The Kier molecular flexibility index (Phi) is 4.90. The van der Waals surface area contributed by atoms with Crippen molar-refractivity contribution in [1.29, 1.82) is 0 Å². The second kappa shape index (κ2) is 6.86. The lowest BCUT2D eigenvalue weighted by molar-refractivity contribution is -0.111. The molecule has 0 radical (unpaired) electrons. The summed E-state index contributed by atoms with van der Waals surface area (Å²) in [5, 5.41) is 2.72.